The number of nitrogens with zero attached hydrogens (tertiary/aromatic N) is 2. The van der Waals surface area contributed by atoms with Crippen molar-refractivity contribution in [2.75, 3.05) is 0 Å². The summed E-state index contributed by atoms with van der Waals surface area (Å²) in [4.78, 5) is 29.4. The number of carbonyl (C=O) groups excluding carboxylic acids is 1. The molecule has 1 amide bonds. The number of hydrogen-bond acceptors (Lipinski definition) is 4. The molecule has 1 aromatic heterocycles. The minimum absolute atomic E-state index is 0.217. The van der Waals surface area contributed by atoms with E-state index in [1.807, 2.05) is 30.3 Å². The molecule has 2 N–H and O–H groups in total. The molecular weight excluding hydrogens is 370 g/mol. The van der Waals surface area contributed by atoms with Crippen molar-refractivity contribution in [1.82, 2.24) is 9.55 Å². The van der Waals surface area contributed by atoms with Crippen LogP contribution in [0.5, 0.6) is 0 Å². The molecule has 132 valence electrons. The van der Waals surface area contributed by atoms with Gasteiger partial charge < -0.3 is 5.73 Å². The van der Waals surface area contributed by atoms with Gasteiger partial charge in [0.1, 0.15) is 5.25 Å². The zero-order valence-electron chi connectivity index (χ0n) is 13.8. The topological polar surface area (TPSA) is 78.0 Å². The van der Waals surface area contributed by atoms with E-state index in [9.17, 15) is 9.59 Å². The lowest BCUT2D eigenvalue weighted by atomic mass is 10.1. The fourth-order valence-corrected chi connectivity index (χ4v) is 3.80. The molecule has 3 rings (SSSR count). The molecule has 0 aliphatic rings. The van der Waals surface area contributed by atoms with E-state index < -0.39 is 11.2 Å². The molecular formula is C19H16ClN3O2S. The van der Waals surface area contributed by atoms with Gasteiger partial charge in [-0.05, 0) is 23.8 Å². The second-order valence-electron chi connectivity index (χ2n) is 5.57. The molecule has 26 heavy (non-hydrogen) atoms. The molecule has 3 aromatic rings. The fraction of sp³-hybridized carbons (Fsp3) is 0.105. The molecule has 1 atom stereocenters. The van der Waals surface area contributed by atoms with E-state index in [-0.39, 0.29) is 12.1 Å². The van der Waals surface area contributed by atoms with E-state index in [4.69, 9.17) is 17.3 Å². The molecule has 0 saturated heterocycles. The van der Waals surface area contributed by atoms with E-state index in [1.54, 1.807) is 24.3 Å². The second-order valence-corrected chi connectivity index (χ2v) is 7.08. The molecule has 0 spiro atoms. The van der Waals surface area contributed by atoms with Crippen LogP contribution in [0.1, 0.15) is 10.8 Å². The predicted octanol–water partition coefficient (Wildman–Crippen LogP) is 3.55. The average molecular weight is 386 g/mol. The molecule has 0 aliphatic carbocycles. The number of fused-ring (bicyclic) bond motifs is 1. The number of rotatable bonds is 6. The summed E-state index contributed by atoms with van der Waals surface area (Å²) < 4.78 is 1.48. The van der Waals surface area contributed by atoms with Crippen molar-refractivity contribution in [3.63, 3.8) is 0 Å². The first-order chi connectivity index (χ1) is 12.5. The van der Waals surface area contributed by atoms with Crippen LogP contribution in [0.15, 0.2) is 71.1 Å². The normalized spacial score (nSPS) is 12.0. The maximum absolute atomic E-state index is 12.8. The molecule has 2 aromatic carbocycles. The van der Waals surface area contributed by atoms with E-state index in [1.165, 1.54) is 4.57 Å². The Bertz CT molecular complexity index is 1030. The van der Waals surface area contributed by atoms with Gasteiger partial charge in [0.05, 0.1) is 10.9 Å². The lowest BCUT2D eigenvalue weighted by Gasteiger charge is -2.16. The zero-order chi connectivity index (χ0) is 18.7. The Morgan fingerprint density at radius 1 is 1.31 bits per heavy atom. The Morgan fingerprint density at radius 2 is 2.04 bits per heavy atom. The van der Waals surface area contributed by atoms with Gasteiger partial charge in [-0.25, -0.2) is 4.98 Å². The largest absolute Gasteiger partial charge is 0.368 e. The van der Waals surface area contributed by atoms with Crippen LogP contribution in [-0.4, -0.2) is 15.5 Å². The highest BCUT2D eigenvalue weighted by Gasteiger charge is 2.22. The van der Waals surface area contributed by atoms with Crippen molar-refractivity contribution in [2.45, 2.75) is 17.0 Å². The van der Waals surface area contributed by atoms with E-state index >= 15 is 0 Å². The van der Waals surface area contributed by atoms with Crippen molar-refractivity contribution in [3.05, 3.63) is 82.1 Å². The summed E-state index contributed by atoms with van der Waals surface area (Å²) in [6.45, 7) is 3.97. The number of nitrogens with two attached hydrogens (primary N) is 1. The van der Waals surface area contributed by atoms with Crippen LogP contribution in [0.25, 0.3) is 10.9 Å². The first-order valence-electron chi connectivity index (χ1n) is 7.83. The van der Waals surface area contributed by atoms with E-state index in [2.05, 4.69) is 11.6 Å². The lowest BCUT2D eigenvalue weighted by Crippen LogP contribution is -2.25. The molecule has 1 unspecified atom stereocenters. The predicted molar refractivity (Wildman–Crippen MR) is 105 cm³/mol. The Morgan fingerprint density at radius 3 is 2.69 bits per heavy atom. The summed E-state index contributed by atoms with van der Waals surface area (Å²) in [6.07, 6.45) is 1.61. The quantitative estimate of drug-likeness (QED) is 0.400. The van der Waals surface area contributed by atoms with Crippen LogP contribution in [-0.2, 0) is 11.3 Å². The van der Waals surface area contributed by atoms with Crippen molar-refractivity contribution >= 4 is 40.2 Å². The summed E-state index contributed by atoms with van der Waals surface area (Å²) in [5, 5.41) is 0.653. The fourth-order valence-electron chi connectivity index (χ4n) is 2.58. The number of hydrogen-bond donors (Lipinski definition) is 1. The maximum atomic E-state index is 12.8. The number of carbonyl (C=O) groups is 1. The number of benzene rings is 2. The van der Waals surface area contributed by atoms with Crippen LogP contribution >= 0.6 is 23.4 Å². The third-order valence-corrected chi connectivity index (χ3v) is 5.28. The molecule has 0 saturated carbocycles. The van der Waals surface area contributed by atoms with Gasteiger partial charge in [0.25, 0.3) is 5.56 Å². The van der Waals surface area contributed by atoms with Crippen molar-refractivity contribution < 1.29 is 4.79 Å². The maximum Gasteiger partial charge on any atom is 0.262 e. The number of aromatic nitrogens is 2. The summed E-state index contributed by atoms with van der Waals surface area (Å²) in [5.74, 6) is -0.508. The standard InChI is InChI=1S/C19H16ClN3O2S/c1-2-10-23-18(25)14-9-8-13(20)11-15(14)22-19(23)26-16(17(21)24)12-6-4-3-5-7-12/h2-9,11,16H,1,10H2,(H2,21,24). The molecule has 7 heteroatoms. The number of amides is 1. The molecule has 0 bridgehead atoms. The minimum atomic E-state index is -0.671. The highest BCUT2D eigenvalue weighted by Crippen LogP contribution is 2.34. The number of halogens is 1. The van der Waals surface area contributed by atoms with Crippen LogP contribution < -0.4 is 11.3 Å². The van der Waals surface area contributed by atoms with Gasteiger partial charge >= 0.3 is 0 Å². The second kappa shape index (κ2) is 7.76. The monoisotopic (exact) mass is 385 g/mol. The Balaban J connectivity index is 2.15. The van der Waals surface area contributed by atoms with Gasteiger partial charge in [0.15, 0.2) is 5.16 Å². The Labute approximate surface area is 159 Å². The summed E-state index contributed by atoms with van der Waals surface area (Å²) >= 11 is 7.17. The van der Waals surface area contributed by atoms with Crippen LogP contribution in [0.4, 0.5) is 0 Å². The minimum Gasteiger partial charge on any atom is -0.368 e. The van der Waals surface area contributed by atoms with Crippen LogP contribution in [0, 0.1) is 0 Å². The first-order valence-corrected chi connectivity index (χ1v) is 9.09. The summed E-state index contributed by atoms with van der Waals surface area (Å²) in [5.41, 5.74) is 6.60. The summed E-state index contributed by atoms with van der Waals surface area (Å²) in [6, 6.07) is 14.1. The molecule has 0 radical (unpaired) electrons. The zero-order valence-corrected chi connectivity index (χ0v) is 15.3. The van der Waals surface area contributed by atoms with Gasteiger partial charge in [-0.15, -0.1) is 6.58 Å². The highest BCUT2D eigenvalue weighted by atomic mass is 35.5. The van der Waals surface area contributed by atoms with Gasteiger partial charge in [0, 0.05) is 11.6 Å². The van der Waals surface area contributed by atoms with Crippen LogP contribution in [0.3, 0.4) is 0 Å². The smallest absolute Gasteiger partial charge is 0.262 e. The van der Waals surface area contributed by atoms with Gasteiger partial charge in [-0.2, -0.15) is 0 Å². The van der Waals surface area contributed by atoms with Crippen molar-refractivity contribution in [1.29, 1.82) is 0 Å². The van der Waals surface area contributed by atoms with E-state index in [0.29, 0.717) is 21.1 Å². The van der Waals surface area contributed by atoms with E-state index in [0.717, 1.165) is 17.3 Å². The van der Waals surface area contributed by atoms with Crippen LogP contribution in [0.2, 0.25) is 5.02 Å². The Hall–Kier alpha value is -2.57. The highest BCUT2D eigenvalue weighted by molar-refractivity contribution is 8.00. The third-order valence-electron chi connectivity index (χ3n) is 3.78. The number of primary amides is 1. The third kappa shape index (κ3) is 3.66. The first kappa shape index (κ1) is 18.2. The van der Waals surface area contributed by atoms with Gasteiger partial charge in [-0.1, -0.05) is 59.8 Å². The average Bonchev–Trinajstić information content (AvgIpc) is 2.62. The Kier molecular flexibility index (Phi) is 5.44. The van der Waals surface area contributed by atoms with Crippen molar-refractivity contribution in [3.8, 4) is 0 Å². The van der Waals surface area contributed by atoms with Crippen molar-refractivity contribution in [2.24, 2.45) is 5.73 Å². The van der Waals surface area contributed by atoms with Gasteiger partial charge in [0.2, 0.25) is 5.91 Å². The molecule has 5 nitrogen and oxygen atoms in total. The number of allylic oxidation sites excluding steroid dienone is 1. The number of thioether (sulfide) groups is 1. The SMILES string of the molecule is C=CCn1c(SC(C(N)=O)c2ccccc2)nc2cc(Cl)ccc2c1=O. The van der Waals surface area contributed by atoms with Gasteiger partial charge in [-0.3, -0.25) is 14.2 Å². The molecule has 0 aliphatic heterocycles. The molecule has 0 fully saturated rings. The summed E-state index contributed by atoms with van der Waals surface area (Å²) in [7, 11) is 0. The lowest BCUT2D eigenvalue weighted by molar-refractivity contribution is -0.117. The molecule has 1 heterocycles.